The third kappa shape index (κ3) is 4.02. The highest BCUT2D eigenvalue weighted by Crippen LogP contribution is 2.33. The molecule has 0 saturated carbocycles. The third-order valence-corrected chi connectivity index (χ3v) is 6.63. The van der Waals surface area contributed by atoms with Crippen molar-refractivity contribution in [3.63, 3.8) is 0 Å². The molecule has 0 amide bonds. The average Bonchev–Trinajstić information content (AvgIpc) is 2.76. The summed E-state index contributed by atoms with van der Waals surface area (Å²) in [7, 11) is 0. The summed E-state index contributed by atoms with van der Waals surface area (Å²) in [6, 6.07) is 18.3. The van der Waals surface area contributed by atoms with Gasteiger partial charge >= 0.3 is 0 Å². The van der Waals surface area contributed by atoms with Crippen molar-refractivity contribution in [2.24, 2.45) is 0 Å². The second kappa shape index (κ2) is 7.97. The molecule has 1 saturated heterocycles. The number of fused-ring (bicyclic) bond motifs is 1. The normalized spacial score (nSPS) is 16.5. The number of aryl methyl sites for hydroxylation is 1. The fourth-order valence-corrected chi connectivity index (χ4v) is 4.33. The van der Waals surface area contributed by atoms with E-state index in [0.717, 1.165) is 44.4 Å². The number of ether oxygens (including phenoxy) is 1. The number of nitrogens with one attached hydrogen (secondary N) is 1. The maximum atomic E-state index is 5.22. The summed E-state index contributed by atoms with van der Waals surface area (Å²) in [4.78, 5) is 11.7. The van der Waals surface area contributed by atoms with Crippen LogP contribution in [0.1, 0.15) is 41.8 Å². The van der Waals surface area contributed by atoms with E-state index in [2.05, 4.69) is 84.5 Å². The Hall–Kier alpha value is -2.92. The van der Waals surface area contributed by atoms with Gasteiger partial charge in [0.25, 0.3) is 0 Å². The first-order valence-corrected chi connectivity index (χ1v) is 11.1. The summed E-state index contributed by atoms with van der Waals surface area (Å²) in [5, 5.41) is 3.35. The van der Waals surface area contributed by atoms with Crippen molar-refractivity contribution in [2.75, 3.05) is 30.0 Å². The molecule has 160 valence electrons. The number of anilines is 2. The van der Waals surface area contributed by atoms with Gasteiger partial charge in [0.2, 0.25) is 5.95 Å². The fraction of sp³-hybridized carbons (Fsp3) is 0.385. The largest absolute Gasteiger partial charge is 0.377 e. The molecule has 5 rings (SSSR count). The van der Waals surface area contributed by atoms with Crippen LogP contribution in [-0.4, -0.2) is 35.8 Å². The van der Waals surface area contributed by atoms with Crippen LogP contribution in [0, 0.1) is 6.92 Å². The van der Waals surface area contributed by atoms with Crippen LogP contribution < -0.4 is 10.2 Å². The Labute approximate surface area is 184 Å². The van der Waals surface area contributed by atoms with Gasteiger partial charge in [0, 0.05) is 42.4 Å². The quantitative estimate of drug-likeness (QED) is 0.667. The second-order valence-electron chi connectivity index (χ2n) is 9.25. The summed E-state index contributed by atoms with van der Waals surface area (Å²) < 4.78 is 5.22. The Kier molecular flexibility index (Phi) is 5.14. The first-order valence-electron chi connectivity index (χ1n) is 11.1. The minimum absolute atomic E-state index is 0.0244. The van der Waals surface area contributed by atoms with Gasteiger partial charge < -0.3 is 15.0 Å². The molecule has 0 spiro atoms. The summed E-state index contributed by atoms with van der Waals surface area (Å²) in [5.74, 6) is 0.725. The molecule has 2 aliphatic heterocycles. The Bertz CT molecular complexity index is 1060. The van der Waals surface area contributed by atoms with E-state index >= 15 is 0 Å². The SMILES string of the molecule is Cc1ccc(C(C)(C)c2ccc(N3CCc4nc(NC5COC5)ncc4C3)cc2)cc1. The van der Waals surface area contributed by atoms with Crippen molar-refractivity contribution >= 4 is 11.6 Å². The van der Waals surface area contributed by atoms with Gasteiger partial charge in [-0.15, -0.1) is 0 Å². The molecule has 2 aliphatic rings. The van der Waals surface area contributed by atoms with Crippen LogP contribution >= 0.6 is 0 Å². The summed E-state index contributed by atoms with van der Waals surface area (Å²) in [6.45, 7) is 10.0. The Morgan fingerprint density at radius 3 is 2.32 bits per heavy atom. The van der Waals surface area contributed by atoms with E-state index in [0.29, 0.717) is 6.04 Å². The molecule has 1 aromatic heterocycles. The van der Waals surface area contributed by atoms with Crippen LogP contribution in [0.25, 0.3) is 0 Å². The Balaban J connectivity index is 1.30. The monoisotopic (exact) mass is 414 g/mol. The third-order valence-electron chi connectivity index (χ3n) is 6.63. The maximum Gasteiger partial charge on any atom is 0.223 e. The topological polar surface area (TPSA) is 50.3 Å². The van der Waals surface area contributed by atoms with Crippen LogP contribution in [0.2, 0.25) is 0 Å². The predicted molar refractivity (Wildman–Crippen MR) is 125 cm³/mol. The molecule has 1 fully saturated rings. The molecule has 1 N–H and O–H groups in total. The standard InChI is InChI=1S/C26H30N4O/c1-18-4-6-20(7-5-18)26(2,3)21-8-10-23(11-9-21)30-13-12-24-19(15-30)14-27-25(29-24)28-22-16-31-17-22/h4-11,14,22H,12-13,15-17H2,1-3H3,(H,27,28,29). The van der Waals surface area contributed by atoms with Gasteiger partial charge in [-0.05, 0) is 30.2 Å². The van der Waals surface area contributed by atoms with Crippen molar-refractivity contribution in [3.8, 4) is 0 Å². The fourth-order valence-electron chi connectivity index (χ4n) is 4.33. The number of aromatic nitrogens is 2. The second-order valence-corrected chi connectivity index (χ2v) is 9.25. The minimum atomic E-state index is -0.0244. The van der Waals surface area contributed by atoms with Gasteiger partial charge in [0.1, 0.15) is 0 Å². The highest BCUT2D eigenvalue weighted by atomic mass is 16.5. The van der Waals surface area contributed by atoms with E-state index in [4.69, 9.17) is 9.72 Å². The highest BCUT2D eigenvalue weighted by molar-refractivity contribution is 5.52. The summed E-state index contributed by atoms with van der Waals surface area (Å²) in [6.07, 6.45) is 2.91. The zero-order chi connectivity index (χ0) is 21.4. The van der Waals surface area contributed by atoms with E-state index in [1.54, 1.807) is 0 Å². The van der Waals surface area contributed by atoms with Gasteiger partial charge in [-0.2, -0.15) is 0 Å². The number of nitrogens with zero attached hydrogens (tertiary/aromatic N) is 3. The lowest BCUT2D eigenvalue weighted by Gasteiger charge is -2.32. The number of benzene rings is 2. The summed E-state index contributed by atoms with van der Waals surface area (Å²) >= 11 is 0. The van der Waals surface area contributed by atoms with Crippen molar-refractivity contribution in [3.05, 3.63) is 82.7 Å². The molecule has 3 aromatic rings. The molecule has 31 heavy (non-hydrogen) atoms. The first kappa shape index (κ1) is 20.0. The molecule has 0 radical (unpaired) electrons. The van der Waals surface area contributed by atoms with Crippen molar-refractivity contribution < 1.29 is 4.74 Å². The van der Waals surface area contributed by atoms with E-state index in [9.17, 15) is 0 Å². The van der Waals surface area contributed by atoms with Crippen LogP contribution in [0.4, 0.5) is 11.6 Å². The minimum Gasteiger partial charge on any atom is -0.377 e. The van der Waals surface area contributed by atoms with Crippen molar-refractivity contribution in [2.45, 2.75) is 45.2 Å². The number of hydrogen-bond acceptors (Lipinski definition) is 5. The molecule has 3 heterocycles. The predicted octanol–water partition coefficient (Wildman–Crippen LogP) is 4.48. The smallest absolute Gasteiger partial charge is 0.223 e. The molecule has 2 aromatic carbocycles. The van der Waals surface area contributed by atoms with Crippen LogP contribution in [-0.2, 0) is 23.1 Å². The van der Waals surface area contributed by atoms with E-state index in [1.165, 1.54) is 27.9 Å². The average molecular weight is 415 g/mol. The van der Waals surface area contributed by atoms with E-state index < -0.39 is 0 Å². The highest BCUT2D eigenvalue weighted by Gasteiger charge is 2.25. The lowest BCUT2D eigenvalue weighted by Crippen LogP contribution is -2.41. The number of rotatable bonds is 5. The lowest BCUT2D eigenvalue weighted by molar-refractivity contribution is 0.0207. The summed E-state index contributed by atoms with van der Waals surface area (Å²) in [5.41, 5.74) is 7.57. The molecule has 0 unspecified atom stereocenters. The van der Waals surface area contributed by atoms with Gasteiger partial charge in [-0.1, -0.05) is 55.8 Å². The molecule has 0 aliphatic carbocycles. The Morgan fingerprint density at radius 1 is 1.00 bits per heavy atom. The van der Waals surface area contributed by atoms with Gasteiger partial charge in [0.05, 0.1) is 24.9 Å². The lowest BCUT2D eigenvalue weighted by atomic mass is 9.78. The molecule has 5 nitrogen and oxygen atoms in total. The van der Waals surface area contributed by atoms with Crippen molar-refractivity contribution in [1.82, 2.24) is 9.97 Å². The molecular formula is C26H30N4O. The maximum absolute atomic E-state index is 5.22. The van der Waals surface area contributed by atoms with Gasteiger partial charge in [-0.3, -0.25) is 0 Å². The zero-order valence-electron chi connectivity index (χ0n) is 18.6. The molecule has 0 atom stereocenters. The first-order chi connectivity index (χ1) is 15.0. The molecule has 0 bridgehead atoms. The number of hydrogen-bond donors (Lipinski definition) is 1. The Morgan fingerprint density at radius 2 is 1.68 bits per heavy atom. The van der Waals surface area contributed by atoms with Crippen LogP contribution in [0.3, 0.4) is 0 Å². The van der Waals surface area contributed by atoms with Crippen LogP contribution in [0.5, 0.6) is 0 Å². The van der Waals surface area contributed by atoms with Crippen molar-refractivity contribution in [1.29, 1.82) is 0 Å². The van der Waals surface area contributed by atoms with Gasteiger partial charge in [0.15, 0.2) is 0 Å². The van der Waals surface area contributed by atoms with Crippen LogP contribution in [0.15, 0.2) is 54.7 Å². The van der Waals surface area contributed by atoms with E-state index in [-0.39, 0.29) is 5.41 Å². The zero-order valence-corrected chi connectivity index (χ0v) is 18.6. The molecular weight excluding hydrogens is 384 g/mol. The van der Waals surface area contributed by atoms with E-state index in [1.807, 2.05) is 6.20 Å². The van der Waals surface area contributed by atoms with Gasteiger partial charge in [-0.25, -0.2) is 9.97 Å². The molecule has 5 heteroatoms.